The molecule has 0 aliphatic rings. The van der Waals surface area contributed by atoms with E-state index in [0.717, 1.165) is 44.8 Å². The van der Waals surface area contributed by atoms with Gasteiger partial charge in [-0.05, 0) is 75.6 Å². The molecule has 0 bridgehead atoms. The van der Waals surface area contributed by atoms with Crippen molar-refractivity contribution < 1.29 is 23.5 Å². The molecular formula is C32H33N3O5. The van der Waals surface area contributed by atoms with E-state index >= 15 is 0 Å². The predicted octanol–water partition coefficient (Wildman–Crippen LogP) is 6.85. The Hall–Kier alpha value is -4.43. The van der Waals surface area contributed by atoms with Gasteiger partial charge in [-0.15, -0.1) is 0 Å². The van der Waals surface area contributed by atoms with Crippen molar-refractivity contribution >= 4 is 17.1 Å². The van der Waals surface area contributed by atoms with Crippen molar-refractivity contribution in [1.82, 2.24) is 14.9 Å². The molecule has 0 radical (unpaired) electrons. The van der Waals surface area contributed by atoms with Crippen molar-refractivity contribution in [1.29, 1.82) is 0 Å². The van der Waals surface area contributed by atoms with E-state index < -0.39 is 11.6 Å². The number of oxazole rings is 2. The van der Waals surface area contributed by atoms with Gasteiger partial charge in [0, 0.05) is 18.7 Å². The third-order valence-electron chi connectivity index (χ3n) is 6.78. The molecule has 0 aliphatic carbocycles. The van der Waals surface area contributed by atoms with Gasteiger partial charge < -0.3 is 18.7 Å². The van der Waals surface area contributed by atoms with Crippen molar-refractivity contribution in [2.45, 2.75) is 59.9 Å². The van der Waals surface area contributed by atoms with Crippen molar-refractivity contribution in [3.05, 3.63) is 101 Å². The lowest BCUT2D eigenvalue weighted by atomic mass is 10.0. The lowest BCUT2D eigenvalue weighted by Crippen LogP contribution is -2.38. The van der Waals surface area contributed by atoms with E-state index in [1.165, 1.54) is 0 Å². The summed E-state index contributed by atoms with van der Waals surface area (Å²) in [5.74, 6) is 1.53. The van der Waals surface area contributed by atoms with Crippen LogP contribution in [-0.2, 0) is 24.4 Å². The fourth-order valence-corrected chi connectivity index (χ4v) is 4.69. The number of aliphatic carboxylic acids is 1. The zero-order valence-electron chi connectivity index (χ0n) is 23.4. The van der Waals surface area contributed by atoms with E-state index in [4.69, 9.17) is 18.6 Å². The Balaban J connectivity index is 1.44. The van der Waals surface area contributed by atoms with Crippen LogP contribution < -0.4 is 4.74 Å². The summed E-state index contributed by atoms with van der Waals surface area (Å²) in [5, 5.41) is 9.53. The van der Waals surface area contributed by atoms with Crippen LogP contribution in [0.3, 0.4) is 0 Å². The smallest absolute Gasteiger partial charge is 0.347 e. The summed E-state index contributed by atoms with van der Waals surface area (Å²) in [7, 11) is 0. The first kappa shape index (κ1) is 27.1. The summed E-state index contributed by atoms with van der Waals surface area (Å²) in [6, 6.07) is 21.6. The minimum Gasteiger partial charge on any atom is -0.478 e. The zero-order valence-corrected chi connectivity index (χ0v) is 23.4. The summed E-state index contributed by atoms with van der Waals surface area (Å²) in [6.45, 7) is 10.5. The standard InChI is InChI=1S/C32H33N3O5/c1-20-15-23(16-21(2)29(20)40-32(4,5)31(36)37)17-35(19-28-33-25-13-9-10-14-27(25)39-28)18-26-22(3)38-30(34-26)24-11-7-6-8-12-24/h6-16H,17-19H2,1-5H3,(H,36,37). The van der Waals surface area contributed by atoms with E-state index in [-0.39, 0.29) is 0 Å². The van der Waals surface area contributed by atoms with Crippen LogP contribution in [0.25, 0.3) is 22.6 Å². The molecule has 2 heterocycles. The average Bonchev–Trinajstić information content (AvgIpc) is 3.49. The van der Waals surface area contributed by atoms with Crippen LogP contribution in [0, 0.1) is 20.8 Å². The SMILES string of the molecule is Cc1cc(CN(Cc2nc3ccccc3o2)Cc2nc(-c3ccccc3)oc2C)cc(C)c1OC(C)(C)C(=O)O. The molecular weight excluding hydrogens is 506 g/mol. The summed E-state index contributed by atoms with van der Waals surface area (Å²) < 4.78 is 18.0. The number of ether oxygens (including phenoxy) is 1. The third-order valence-corrected chi connectivity index (χ3v) is 6.78. The van der Waals surface area contributed by atoms with Gasteiger partial charge in [-0.2, -0.15) is 0 Å². The third kappa shape index (κ3) is 5.92. The first-order valence-corrected chi connectivity index (χ1v) is 13.2. The van der Waals surface area contributed by atoms with Gasteiger partial charge in [0.2, 0.25) is 11.8 Å². The van der Waals surface area contributed by atoms with Gasteiger partial charge in [0.1, 0.15) is 17.0 Å². The van der Waals surface area contributed by atoms with Gasteiger partial charge in [0.25, 0.3) is 0 Å². The van der Waals surface area contributed by atoms with Crippen LogP contribution >= 0.6 is 0 Å². The number of para-hydroxylation sites is 2. The van der Waals surface area contributed by atoms with Gasteiger partial charge in [0.05, 0.1) is 12.2 Å². The molecule has 0 spiro atoms. The van der Waals surface area contributed by atoms with Crippen molar-refractivity contribution in [3.8, 4) is 17.2 Å². The lowest BCUT2D eigenvalue weighted by molar-refractivity contribution is -0.152. The number of carbonyl (C=O) groups is 1. The Morgan fingerprint density at radius 1 is 0.900 bits per heavy atom. The first-order chi connectivity index (χ1) is 19.1. The second-order valence-electron chi connectivity index (χ2n) is 10.6. The monoisotopic (exact) mass is 539 g/mol. The van der Waals surface area contributed by atoms with Crippen LogP contribution in [0.4, 0.5) is 0 Å². The first-order valence-electron chi connectivity index (χ1n) is 13.2. The maximum absolute atomic E-state index is 11.6. The highest BCUT2D eigenvalue weighted by Gasteiger charge is 2.30. The zero-order chi connectivity index (χ0) is 28.4. The van der Waals surface area contributed by atoms with Crippen LogP contribution in [0.2, 0.25) is 0 Å². The molecule has 5 rings (SSSR count). The average molecular weight is 540 g/mol. The number of rotatable bonds is 10. The number of aromatic nitrogens is 2. The molecule has 5 aromatic rings. The number of carboxylic acid groups (broad SMARTS) is 1. The van der Waals surface area contributed by atoms with Gasteiger partial charge in [0.15, 0.2) is 11.2 Å². The van der Waals surface area contributed by atoms with Crippen LogP contribution in [0.1, 0.15) is 47.9 Å². The minimum atomic E-state index is -1.34. The van der Waals surface area contributed by atoms with Crippen molar-refractivity contribution in [2.75, 3.05) is 0 Å². The topological polar surface area (TPSA) is 102 Å². The van der Waals surface area contributed by atoms with Gasteiger partial charge in [-0.1, -0.05) is 42.5 Å². The lowest BCUT2D eigenvalue weighted by Gasteiger charge is -2.25. The van der Waals surface area contributed by atoms with E-state index in [0.29, 0.717) is 37.2 Å². The highest BCUT2D eigenvalue weighted by atomic mass is 16.5. The number of benzene rings is 3. The minimum absolute atomic E-state index is 0.462. The highest BCUT2D eigenvalue weighted by Crippen LogP contribution is 2.30. The number of hydrogen-bond donors (Lipinski definition) is 1. The van der Waals surface area contributed by atoms with Crippen molar-refractivity contribution in [2.24, 2.45) is 0 Å². The number of nitrogens with zero attached hydrogens (tertiary/aromatic N) is 3. The molecule has 0 fully saturated rings. The Bertz CT molecular complexity index is 1600. The summed E-state index contributed by atoms with van der Waals surface area (Å²) in [5.41, 5.74) is 4.78. The number of aryl methyl sites for hydroxylation is 3. The van der Waals surface area contributed by atoms with E-state index in [1.807, 2.05) is 87.5 Å². The maximum Gasteiger partial charge on any atom is 0.347 e. The normalized spacial score (nSPS) is 11.8. The van der Waals surface area contributed by atoms with Gasteiger partial charge in [-0.3, -0.25) is 4.90 Å². The Labute approximate surface area is 233 Å². The molecule has 1 N–H and O–H groups in total. The quantitative estimate of drug-likeness (QED) is 0.206. The maximum atomic E-state index is 11.6. The summed E-state index contributed by atoms with van der Waals surface area (Å²) in [4.78, 5) is 23.3. The Morgan fingerprint density at radius 2 is 1.57 bits per heavy atom. The fraction of sp³-hybridized carbons (Fsp3) is 0.281. The molecule has 0 aliphatic heterocycles. The van der Waals surface area contributed by atoms with Crippen LogP contribution in [-0.4, -0.2) is 31.5 Å². The molecule has 2 aromatic heterocycles. The Morgan fingerprint density at radius 3 is 2.25 bits per heavy atom. The molecule has 3 aromatic carbocycles. The second kappa shape index (κ2) is 11.0. The number of carboxylic acids is 1. The molecule has 0 saturated heterocycles. The molecule has 8 heteroatoms. The molecule has 0 atom stereocenters. The molecule has 0 unspecified atom stereocenters. The van der Waals surface area contributed by atoms with Crippen molar-refractivity contribution in [3.63, 3.8) is 0 Å². The molecule has 0 amide bonds. The molecule has 206 valence electrons. The largest absolute Gasteiger partial charge is 0.478 e. The molecule has 8 nitrogen and oxygen atoms in total. The molecule has 0 saturated carbocycles. The van der Waals surface area contributed by atoms with E-state index in [9.17, 15) is 9.90 Å². The number of fused-ring (bicyclic) bond motifs is 1. The van der Waals surface area contributed by atoms with E-state index in [2.05, 4.69) is 9.88 Å². The Kier molecular flexibility index (Phi) is 7.45. The summed E-state index contributed by atoms with van der Waals surface area (Å²) in [6.07, 6.45) is 0. The predicted molar refractivity (Wildman–Crippen MR) is 152 cm³/mol. The number of hydrogen-bond acceptors (Lipinski definition) is 7. The summed E-state index contributed by atoms with van der Waals surface area (Å²) >= 11 is 0. The van der Waals surface area contributed by atoms with Crippen LogP contribution in [0.5, 0.6) is 5.75 Å². The second-order valence-corrected chi connectivity index (χ2v) is 10.6. The van der Waals surface area contributed by atoms with Gasteiger partial charge in [-0.25, -0.2) is 14.8 Å². The fourth-order valence-electron chi connectivity index (χ4n) is 4.69. The van der Waals surface area contributed by atoms with Crippen LogP contribution in [0.15, 0.2) is 75.6 Å². The van der Waals surface area contributed by atoms with Gasteiger partial charge >= 0.3 is 5.97 Å². The van der Waals surface area contributed by atoms with E-state index in [1.54, 1.807) is 13.8 Å². The molecule has 40 heavy (non-hydrogen) atoms. The highest BCUT2D eigenvalue weighted by molar-refractivity contribution is 5.77.